The monoisotopic (exact) mass is 309 g/mol. The Morgan fingerprint density at radius 1 is 1.14 bits per heavy atom. The van der Waals surface area contributed by atoms with Gasteiger partial charge in [-0.2, -0.15) is 0 Å². The number of esters is 1. The van der Waals surface area contributed by atoms with E-state index < -0.39 is 12.1 Å². The average Bonchev–Trinajstić information content (AvgIpc) is 2.44. The fourth-order valence-corrected chi connectivity index (χ4v) is 2.25. The maximum Gasteiger partial charge on any atom is 0.346 e. The van der Waals surface area contributed by atoms with Crippen molar-refractivity contribution >= 4 is 5.97 Å². The van der Waals surface area contributed by atoms with Crippen LogP contribution in [0.4, 0.5) is 4.39 Å². The molecule has 0 amide bonds. The first-order valence-electron chi connectivity index (χ1n) is 7.87. The van der Waals surface area contributed by atoms with Gasteiger partial charge in [-0.15, -0.1) is 0 Å². The normalized spacial score (nSPS) is 13.0. The Balaban J connectivity index is 2.97. The molecule has 0 saturated heterocycles. The van der Waals surface area contributed by atoms with Gasteiger partial charge in [-0.3, -0.25) is 0 Å². The second kappa shape index (κ2) is 8.28. The number of para-hydroxylation sites is 1. The predicted molar refractivity (Wildman–Crippen MR) is 88.3 cm³/mol. The van der Waals surface area contributed by atoms with Crippen LogP contribution in [0.1, 0.15) is 57.1 Å². The van der Waals surface area contributed by atoms with Crippen LogP contribution in [0, 0.1) is 0 Å². The van der Waals surface area contributed by atoms with E-state index in [9.17, 15) is 9.18 Å². The molecule has 0 aromatic heterocycles. The van der Waals surface area contributed by atoms with Crippen LogP contribution < -0.4 is 4.74 Å². The summed E-state index contributed by atoms with van der Waals surface area (Å²) in [4.78, 5) is 13.9. The number of alkyl halides is 1. The van der Waals surface area contributed by atoms with Crippen LogP contribution in [0.2, 0.25) is 0 Å². The number of carbonyl (C=O) groups excluding carboxylic acids is 1. The van der Waals surface area contributed by atoms with Crippen molar-refractivity contribution in [1.29, 1.82) is 0 Å². The SMILES string of the molecule is CC(C)c1cccc(C(C)C)c1OC(=O)[C@H](F)CCN(C)C. The predicted octanol–water partition coefficient (Wildman–Crippen LogP) is 4.13. The molecule has 1 atom stereocenters. The van der Waals surface area contributed by atoms with Gasteiger partial charge in [0.2, 0.25) is 0 Å². The van der Waals surface area contributed by atoms with Crippen molar-refractivity contribution in [2.45, 2.75) is 52.1 Å². The Morgan fingerprint density at radius 3 is 2.05 bits per heavy atom. The van der Waals surface area contributed by atoms with Crippen molar-refractivity contribution in [2.24, 2.45) is 0 Å². The number of carbonyl (C=O) groups is 1. The van der Waals surface area contributed by atoms with E-state index in [1.165, 1.54) is 0 Å². The van der Waals surface area contributed by atoms with Crippen LogP contribution in [0.25, 0.3) is 0 Å². The highest BCUT2D eigenvalue weighted by atomic mass is 19.1. The van der Waals surface area contributed by atoms with Gasteiger partial charge in [-0.1, -0.05) is 45.9 Å². The van der Waals surface area contributed by atoms with Crippen molar-refractivity contribution in [1.82, 2.24) is 4.90 Å². The number of ether oxygens (including phenoxy) is 1. The molecule has 124 valence electrons. The summed E-state index contributed by atoms with van der Waals surface area (Å²) >= 11 is 0. The summed E-state index contributed by atoms with van der Waals surface area (Å²) in [5.41, 5.74) is 1.89. The summed E-state index contributed by atoms with van der Waals surface area (Å²) in [5.74, 6) is 0.157. The molecule has 1 aromatic carbocycles. The molecular formula is C18H28FNO2. The maximum atomic E-state index is 14.0. The van der Waals surface area contributed by atoms with Crippen LogP contribution in [-0.4, -0.2) is 37.7 Å². The van der Waals surface area contributed by atoms with Crippen LogP contribution in [-0.2, 0) is 4.79 Å². The van der Waals surface area contributed by atoms with Crippen molar-refractivity contribution in [3.63, 3.8) is 0 Å². The zero-order chi connectivity index (χ0) is 16.9. The molecule has 22 heavy (non-hydrogen) atoms. The average molecular weight is 309 g/mol. The number of hydrogen-bond acceptors (Lipinski definition) is 3. The third kappa shape index (κ3) is 5.09. The second-order valence-electron chi connectivity index (χ2n) is 6.56. The molecular weight excluding hydrogens is 281 g/mol. The summed E-state index contributed by atoms with van der Waals surface area (Å²) in [7, 11) is 3.70. The standard InChI is InChI=1S/C18H28FNO2/c1-12(2)14-8-7-9-15(13(3)4)17(14)22-18(21)16(19)10-11-20(5)6/h7-9,12-13,16H,10-11H2,1-6H3/t16-/m1/s1. The fourth-order valence-electron chi connectivity index (χ4n) is 2.25. The number of rotatable bonds is 7. The third-order valence-corrected chi connectivity index (χ3v) is 3.61. The molecule has 0 bridgehead atoms. The number of benzene rings is 1. The summed E-state index contributed by atoms with van der Waals surface area (Å²) in [5, 5.41) is 0. The lowest BCUT2D eigenvalue weighted by molar-refractivity contribution is -0.140. The molecule has 0 radical (unpaired) electrons. The first-order valence-corrected chi connectivity index (χ1v) is 7.87. The van der Waals surface area contributed by atoms with Crippen LogP contribution in [0.3, 0.4) is 0 Å². The fraction of sp³-hybridized carbons (Fsp3) is 0.611. The second-order valence-corrected chi connectivity index (χ2v) is 6.56. The van der Waals surface area contributed by atoms with Gasteiger partial charge in [-0.05, 0) is 37.1 Å². The third-order valence-electron chi connectivity index (χ3n) is 3.61. The van der Waals surface area contributed by atoms with Gasteiger partial charge in [0.1, 0.15) is 5.75 Å². The first kappa shape index (κ1) is 18.6. The Labute approximate surface area is 133 Å². The molecule has 4 heteroatoms. The zero-order valence-corrected chi connectivity index (χ0v) is 14.5. The molecule has 0 aliphatic heterocycles. The van der Waals surface area contributed by atoms with Gasteiger partial charge in [0.15, 0.2) is 6.17 Å². The Hall–Kier alpha value is -1.42. The van der Waals surface area contributed by atoms with E-state index in [1.54, 1.807) is 0 Å². The molecule has 1 aromatic rings. The molecule has 1 rings (SSSR count). The van der Waals surface area contributed by atoms with E-state index in [2.05, 4.69) is 0 Å². The number of halogens is 1. The number of hydrogen-bond donors (Lipinski definition) is 0. The molecule has 0 N–H and O–H groups in total. The topological polar surface area (TPSA) is 29.5 Å². The Morgan fingerprint density at radius 2 is 1.64 bits per heavy atom. The summed E-state index contributed by atoms with van der Waals surface area (Å²) in [6, 6.07) is 5.83. The van der Waals surface area contributed by atoms with Crippen molar-refractivity contribution in [3.05, 3.63) is 29.3 Å². The van der Waals surface area contributed by atoms with E-state index >= 15 is 0 Å². The highest BCUT2D eigenvalue weighted by Gasteiger charge is 2.24. The molecule has 0 saturated carbocycles. The lowest BCUT2D eigenvalue weighted by atomic mass is 9.94. The first-order chi connectivity index (χ1) is 10.2. The molecule has 0 unspecified atom stereocenters. The minimum Gasteiger partial charge on any atom is -0.424 e. The smallest absolute Gasteiger partial charge is 0.346 e. The van der Waals surface area contributed by atoms with E-state index in [4.69, 9.17) is 4.74 Å². The minimum absolute atomic E-state index is 0.146. The Kier molecular flexibility index (Phi) is 7.01. The molecule has 0 fully saturated rings. The van der Waals surface area contributed by atoms with E-state index in [0.29, 0.717) is 12.3 Å². The van der Waals surface area contributed by atoms with Gasteiger partial charge in [0, 0.05) is 13.0 Å². The van der Waals surface area contributed by atoms with Gasteiger partial charge < -0.3 is 9.64 Å². The van der Waals surface area contributed by atoms with Crippen molar-refractivity contribution in [3.8, 4) is 5.75 Å². The maximum absolute atomic E-state index is 14.0. The zero-order valence-electron chi connectivity index (χ0n) is 14.5. The molecule has 0 heterocycles. The van der Waals surface area contributed by atoms with Gasteiger partial charge in [-0.25, -0.2) is 9.18 Å². The van der Waals surface area contributed by atoms with Gasteiger partial charge in [0.25, 0.3) is 0 Å². The van der Waals surface area contributed by atoms with Crippen molar-refractivity contribution < 1.29 is 13.9 Å². The molecule has 0 aliphatic carbocycles. The largest absolute Gasteiger partial charge is 0.424 e. The number of nitrogens with zero attached hydrogens (tertiary/aromatic N) is 1. The van der Waals surface area contributed by atoms with Gasteiger partial charge in [0.05, 0.1) is 0 Å². The minimum atomic E-state index is -1.59. The lowest BCUT2D eigenvalue weighted by Crippen LogP contribution is -2.27. The van der Waals surface area contributed by atoms with Crippen LogP contribution >= 0.6 is 0 Å². The molecule has 3 nitrogen and oxygen atoms in total. The Bertz CT molecular complexity index is 472. The quantitative estimate of drug-likeness (QED) is 0.560. The molecule has 0 spiro atoms. The summed E-state index contributed by atoms with van der Waals surface area (Å²) in [6.07, 6.45) is -1.45. The molecule has 0 aliphatic rings. The highest BCUT2D eigenvalue weighted by molar-refractivity contribution is 5.78. The summed E-state index contributed by atoms with van der Waals surface area (Å²) in [6.45, 7) is 8.66. The van der Waals surface area contributed by atoms with Gasteiger partial charge >= 0.3 is 5.97 Å². The lowest BCUT2D eigenvalue weighted by Gasteiger charge is -2.20. The summed E-state index contributed by atoms with van der Waals surface area (Å²) < 4.78 is 19.5. The van der Waals surface area contributed by atoms with E-state index in [0.717, 1.165) is 11.1 Å². The highest BCUT2D eigenvalue weighted by Crippen LogP contribution is 2.34. The van der Waals surface area contributed by atoms with Crippen LogP contribution in [0.15, 0.2) is 18.2 Å². The van der Waals surface area contributed by atoms with Crippen LogP contribution in [0.5, 0.6) is 5.75 Å². The van der Waals surface area contributed by atoms with Crippen molar-refractivity contribution in [2.75, 3.05) is 20.6 Å². The van der Waals surface area contributed by atoms with E-state index in [1.807, 2.05) is 64.9 Å². The van der Waals surface area contributed by atoms with E-state index in [-0.39, 0.29) is 18.3 Å².